The number of hydrogen-bond acceptors (Lipinski definition) is 3. The molecule has 1 saturated carbocycles. The van der Waals surface area contributed by atoms with Gasteiger partial charge >= 0.3 is 0 Å². The largest absolute Gasteiger partial charge is 0.208 e. The van der Waals surface area contributed by atoms with Crippen LogP contribution in [0.1, 0.15) is 86.8 Å². The van der Waals surface area contributed by atoms with Gasteiger partial charge in [-0.05, 0) is 91.7 Å². The van der Waals surface area contributed by atoms with Crippen LogP contribution in [-0.4, -0.2) is 15.0 Å². The topological polar surface area (TPSA) is 38.7 Å². The number of aromatic nitrogens is 3. The van der Waals surface area contributed by atoms with Crippen molar-refractivity contribution in [1.82, 2.24) is 15.0 Å². The summed E-state index contributed by atoms with van der Waals surface area (Å²) >= 11 is 0. The Bertz CT molecular complexity index is 2560. The maximum Gasteiger partial charge on any atom is 0.164 e. The van der Waals surface area contributed by atoms with Crippen LogP contribution in [0, 0.1) is 0 Å². The van der Waals surface area contributed by atoms with E-state index in [9.17, 15) is 0 Å². The molecule has 0 bridgehead atoms. The Hall–Kier alpha value is -5.67. The van der Waals surface area contributed by atoms with E-state index in [0.717, 1.165) is 22.5 Å². The minimum atomic E-state index is -0.124. The summed E-state index contributed by atoms with van der Waals surface area (Å²) in [7, 11) is 0. The second-order valence-corrected chi connectivity index (χ2v) is 16.7. The van der Waals surface area contributed by atoms with Gasteiger partial charge in [0.25, 0.3) is 0 Å². The Labute approximate surface area is 311 Å². The Kier molecular flexibility index (Phi) is 6.24. The van der Waals surface area contributed by atoms with E-state index in [-0.39, 0.29) is 16.2 Å². The van der Waals surface area contributed by atoms with E-state index in [0.29, 0.717) is 11.6 Å². The van der Waals surface area contributed by atoms with Crippen LogP contribution in [0.3, 0.4) is 0 Å². The van der Waals surface area contributed by atoms with Crippen LogP contribution in [0.2, 0.25) is 0 Å². The highest BCUT2D eigenvalue weighted by Gasteiger charge is 2.46. The van der Waals surface area contributed by atoms with Crippen molar-refractivity contribution in [2.24, 2.45) is 0 Å². The average molecular weight is 684 g/mol. The standard InChI is InChI=1S/C50H41N3/c1-48(2)38-18-8-5-14-32(38)34-24-22-30(28-42(34)48)45-51-46(31-23-25-35-33-15-6-9-19-39(33)49(3,4)43(35)29-31)53-47(52-45)37-17-13-21-41-44(37)36-16-7-10-20-40(36)50(41)26-11-12-27-50/h5-10,13-25,28-29H,11-12,26-27H2,1-4H3. The van der Waals surface area contributed by atoms with Crippen molar-refractivity contribution in [3.63, 3.8) is 0 Å². The van der Waals surface area contributed by atoms with Gasteiger partial charge in [0, 0.05) is 32.9 Å². The molecule has 0 unspecified atom stereocenters. The Balaban J connectivity index is 1.14. The summed E-state index contributed by atoms with van der Waals surface area (Å²) in [6.45, 7) is 9.33. The molecule has 0 saturated heterocycles. The van der Waals surface area contributed by atoms with Crippen LogP contribution in [0.4, 0.5) is 0 Å². The van der Waals surface area contributed by atoms with E-state index in [1.54, 1.807) is 0 Å². The molecule has 0 atom stereocenters. The van der Waals surface area contributed by atoms with E-state index >= 15 is 0 Å². The molecule has 0 aliphatic heterocycles. The van der Waals surface area contributed by atoms with E-state index in [1.807, 2.05) is 0 Å². The first-order chi connectivity index (χ1) is 25.8. The first-order valence-corrected chi connectivity index (χ1v) is 19.3. The molecule has 1 fully saturated rings. The maximum absolute atomic E-state index is 5.40. The lowest BCUT2D eigenvalue weighted by Crippen LogP contribution is -2.20. The first-order valence-electron chi connectivity index (χ1n) is 19.3. The van der Waals surface area contributed by atoms with Gasteiger partial charge in [0.2, 0.25) is 0 Å². The molecule has 1 heterocycles. The van der Waals surface area contributed by atoms with Crippen molar-refractivity contribution in [3.05, 3.63) is 161 Å². The fourth-order valence-corrected chi connectivity index (χ4v) is 10.6. The molecule has 53 heavy (non-hydrogen) atoms. The highest BCUT2D eigenvalue weighted by atomic mass is 15.0. The number of hydrogen-bond donors (Lipinski definition) is 0. The molecule has 3 nitrogen and oxygen atoms in total. The van der Waals surface area contributed by atoms with Gasteiger partial charge in [0.15, 0.2) is 17.5 Å². The SMILES string of the molecule is CC1(C)c2ccccc2-c2ccc(-c3nc(-c4ccc5c(c4)C(C)(C)c4ccccc4-5)nc(-c4cccc5c4-c4ccccc4C54CCCC4)n3)cc21. The van der Waals surface area contributed by atoms with Gasteiger partial charge in [-0.3, -0.25) is 0 Å². The number of nitrogens with zero attached hydrogens (tertiary/aromatic N) is 3. The van der Waals surface area contributed by atoms with Crippen LogP contribution in [-0.2, 0) is 16.2 Å². The van der Waals surface area contributed by atoms with Gasteiger partial charge in [0.1, 0.15) is 0 Å². The highest BCUT2D eigenvalue weighted by Crippen LogP contribution is 2.59. The van der Waals surface area contributed by atoms with Crippen molar-refractivity contribution in [2.45, 2.75) is 69.6 Å². The lowest BCUT2D eigenvalue weighted by molar-refractivity contribution is 0.550. The van der Waals surface area contributed by atoms with E-state index in [2.05, 4.69) is 155 Å². The summed E-state index contributed by atoms with van der Waals surface area (Å²) in [6.07, 6.45) is 4.90. The Morgan fingerprint density at radius 2 is 0.811 bits per heavy atom. The Morgan fingerprint density at radius 3 is 1.38 bits per heavy atom. The van der Waals surface area contributed by atoms with E-state index in [4.69, 9.17) is 15.0 Å². The minimum Gasteiger partial charge on any atom is -0.208 e. The third kappa shape index (κ3) is 4.14. The van der Waals surface area contributed by atoms with Gasteiger partial charge in [-0.25, -0.2) is 15.0 Å². The summed E-state index contributed by atoms with van der Waals surface area (Å²) in [6, 6.07) is 47.2. The lowest BCUT2D eigenvalue weighted by Gasteiger charge is -2.26. The molecule has 0 N–H and O–H groups in total. The monoisotopic (exact) mass is 683 g/mol. The molecule has 11 rings (SSSR count). The zero-order valence-corrected chi connectivity index (χ0v) is 30.8. The third-order valence-electron chi connectivity index (χ3n) is 13.3. The van der Waals surface area contributed by atoms with Crippen LogP contribution in [0.25, 0.3) is 67.5 Å². The Morgan fingerprint density at radius 1 is 0.377 bits per heavy atom. The molecule has 1 aromatic heterocycles. The van der Waals surface area contributed by atoms with Crippen molar-refractivity contribution in [2.75, 3.05) is 0 Å². The fraction of sp³-hybridized carbons (Fsp3) is 0.220. The normalized spacial score (nSPS) is 17.2. The fourth-order valence-electron chi connectivity index (χ4n) is 10.6. The van der Waals surface area contributed by atoms with Crippen molar-refractivity contribution < 1.29 is 0 Å². The van der Waals surface area contributed by atoms with Crippen LogP contribution in [0.5, 0.6) is 0 Å². The highest BCUT2D eigenvalue weighted by molar-refractivity contribution is 5.92. The van der Waals surface area contributed by atoms with Crippen molar-refractivity contribution >= 4 is 0 Å². The number of fused-ring (bicyclic) bond motifs is 11. The number of benzene rings is 6. The molecule has 3 heteroatoms. The molecule has 7 aromatic rings. The summed E-state index contributed by atoms with van der Waals surface area (Å²) in [5.41, 5.74) is 19.1. The molecule has 0 amide bonds. The third-order valence-corrected chi connectivity index (χ3v) is 13.3. The maximum atomic E-state index is 5.40. The summed E-state index contributed by atoms with van der Waals surface area (Å²) in [5, 5.41) is 0. The number of rotatable bonds is 3. The van der Waals surface area contributed by atoms with Gasteiger partial charge < -0.3 is 0 Å². The predicted octanol–water partition coefficient (Wildman–Crippen LogP) is 12.3. The van der Waals surface area contributed by atoms with Crippen LogP contribution >= 0.6 is 0 Å². The average Bonchev–Trinajstić information content (AvgIpc) is 3.92. The quantitative estimate of drug-likeness (QED) is 0.186. The van der Waals surface area contributed by atoms with Crippen molar-refractivity contribution in [3.8, 4) is 67.5 Å². The molecule has 6 aromatic carbocycles. The van der Waals surface area contributed by atoms with E-state index in [1.165, 1.54) is 92.4 Å². The molecule has 0 radical (unpaired) electrons. The molecule has 4 aliphatic rings. The molecular weight excluding hydrogens is 643 g/mol. The van der Waals surface area contributed by atoms with Crippen molar-refractivity contribution in [1.29, 1.82) is 0 Å². The summed E-state index contributed by atoms with van der Waals surface area (Å²) in [5.74, 6) is 2.15. The molecule has 256 valence electrons. The second kappa shape index (κ2) is 10.7. The summed E-state index contributed by atoms with van der Waals surface area (Å²) < 4.78 is 0. The summed E-state index contributed by atoms with van der Waals surface area (Å²) in [4.78, 5) is 16.1. The zero-order chi connectivity index (χ0) is 35.7. The molecule has 1 spiro atoms. The van der Waals surface area contributed by atoms with Gasteiger partial charge in [-0.15, -0.1) is 0 Å². The van der Waals surface area contributed by atoms with E-state index < -0.39 is 0 Å². The predicted molar refractivity (Wildman–Crippen MR) is 216 cm³/mol. The van der Waals surface area contributed by atoms with Gasteiger partial charge in [-0.1, -0.05) is 156 Å². The second-order valence-electron chi connectivity index (χ2n) is 16.7. The van der Waals surface area contributed by atoms with Gasteiger partial charge in [-0.2, -0.15) is 0 Å². The van der Waals surface area contributed by atoms with Gasteiger partial charge in [0.05, 0.1) is 0 Å². The molecular formula is C50H41N3. The van der Waals surface area contributed by atoms with Crippen LogP contribution < -0.4 is 0 Å². The lowest BCUT2D eigenvalue weighted by atomic mass is 9.76. The smallest absolute Gasteiger partial charge is 0.164 e. The zero-order valence-electron chi connectivity index (χ0n) is 30.8. The minimum absolute atomic E-state index is 0.0712. The van der Waals surface area contributed by atoms with Crippen LogP contribution in [0.15, 0.2) is 127 Å². The molecule has 4 aliphatic carbocycles. The first kappa shape index (κ1) is 30.9.